The number of hydrogen-bond donors (Lipinski definition) is 1. The summed E-state index contributed by atoms with van der Waals surface area (Å²) in [7, 11) is 0. The van der Waals surface area contributed by atoms with E-state index in [1.54, 1.807) is 0 Å². The Kier molecular flexibility index (Phi) is 3.33. The Morgan fingerprint density at radius 1 is 1.33 bits per heavy atom. The first-order chi connectivity index (χ1) is 8.53. The average Bonchev–Trinajstić information content (AvgIpc) is 2.38. The molecule has 3 nitrogen and oxygen atoms in total. The van der Waals surface area contributed by atoms with E-state index >= 15 is 0 Å². The lowest BCUT2D eigenvalue weighted by Gasteiger charge is -2.43. The minimum absolute atomic E-state index is 0.111. The number of fused-ring (bicyclic) bond motifs is 1. The molecule has 2 aliphatic rings. The third kappa shape index (κ3) is 1.88. The van der Waals surface area contributed by atoms with Crippen molar-refractivity contribution in [1.29, 1.82) is 0 Å². The van der Waals surface area contributed by atoms with Crippen LogP contribution in [0.5, 0.6) is 0 Å². The van der Waals surface area contributed by atoms with E-state index < -0.39 is 0 Å². The number of hydrogen-bond acceptors (Lipinski definition) is 2. The van der Waals surface area contributed by atoms with Gasteiger partial charge in [-0.25, -0.2) is 0 Å². The van der Waals surface area contributed by atoms with Gasteiger partial charge in [-0.05, 0) is 25.8 Å². The van der Waals surface area contributed by atoms with Gasteiger partial charge in [-0.2, -0.15) is 0 Å². The fourth-order valence-electron chi connectivity index (χ4n) is 2.66. The van der Waals surface area contributed by atoms with Crippen LogP contribution in [0.4, 0.5) is 0 Å². The smallest absolute Gasteiger partial charge is 0.236 e. The number of allylic oxidation sites excluding steroid dienone is 4. The fraction of sp³-hybridized carbons (Fsp3) is 0.533. The minimum Gasteiger partial charge on any atom is -0.401 e. The Labute approximate surface area is 109 Å². The molecule has 1 amide bonds. The Morgan fingerprint density at radius 2 is 2.00 bits per heavy atom. The van der Waals surface area contributed by atoms with Gasteiger partial charge < -0.3 is 10.6 Å². The van der Waals surface area contributed by atoms with Crippen molar-refractivity contribution in [2.24, 2.45) is 17.6 Å². The Balaban J connectivity index is 2.35. The molecule has 0 radical (unpaired) electrons. The zero-order valence-electron chi connectivity index (χ0n) is 11.4. The van der Waals surface area contributed by atoms with Gasteiger partial charge in [-0.1, -0.05) is 32.1 Å². The summed E-state index contributed by atoms with van der Waals surface area (Å²) < 4.78 is 0. The van der Waals surface area contributed by atoms with E-state index in [0.717, 1.165) is 12.8 Å². The molecule has 0 aromatic carbocycles. The lowest BCUT2D eigenvalue weighted by molar-refractivity contribution is -0.138. The molecule has 2 atom stereocenters. The summed E-state index contributed by atoms with van der Waals surface area (Å²) in [6.07, 6.45) is 11.7. The van der Waals surface area contributed by atoms with Crippen LogP contribution in [-0.2, 0) is 4.79 Å². The number of nitrogens with two attached hydrogens (primary N) is 1. The van der Waals surface area contributed by atoms with E-state index in [-0.39, 0.29) is 23.3 Å². The molecule has 0 spiro atoms. The normalized spacial score (nSPS) is 27.2. The zero-order chi connectivity index (χ0) is 13.3. The predicted molar refractivity (Wildman–Crippen MR) is 73.4 cm³/mol. The van der Waals surface area contributed by atoms with Gasteiger partial charge >= 0.3 is 0 Å². The van der Waals surface area contributed by atoms with E-state index in [9.17, 15) is 4.79 Å². The van der Waals surface area contributed by atoms with Crippen LogP contribution in [0.15, 0.2) is 36.2 Å². The van der Waals surface area contributed by atoms with Gasteiger partial charge in [0.1, 0.15) is 0 Å². The second-order valence-corrected chi connectivity index (χ2v) is 5.36. The Bertz CT molecular complexity index is 430. The number of rotatable bonds is 3. The van der Waals surface area contributed by atoms with Crippen molar-refractivity contribution < 1.29 is 4.79 Å². The quantitative estimate of drug-likeness (QED) is 0.832. The summed E-state index contributed by atoms with van der Waals surface area (Å²) >= 11 is 0. The summed E-state index contributed by atoms with van der Waals surface area (Å²) in [6.45, 7) is 6.38. The molecule has 2 unspecified atom stereocenters. The molecule has 0 fully saturated rings. The molecular weight excluding hydrogens is 224 g/mol. The molecular formula is C15H22N2O. The Morgan fingerprint density at radius 3 is 2.61 bits per heavy atom. The van der Waals surface area contributed by atoms with Crippen molar-refractivity contribution in [3.8, 4) is 0 Å². The second-order valence-electron chi connectivity index (χ2n) is 5.36. The molecule has 98 valence electrons. The number of carbonyl (C=O) groups is 1. The molecule has 0 saturated carbocycles. The largest absolute Gasteiger partial charge is 0.401 e. The van der Waals surface area contributed by atoms with Crippen LogP contribution >= 0.6 is 0 Å². The molecule has 18 heavy (non-hydrogen) atoms. The van der Waals surface area contributed by atoms with Crippen molar-refractivity contribution in [1.82, 2.24) is 4.90 Å². The number of carbonyl (C=O) groups excluding carboxylic acids is 1. The summed E-state index contributed by atoms with van der Waals surface area (Å²) in [5.74, 6) is 0.0425. The van der Waals surface area contributed by atoms with E-state index in [1.807, 2.05) is 29.3 Å². The van der Waals surface area contributed by atoms with Crippen molar-refractivity contribution >= 4 is 5.91 Å². The molecule has 2 N–H and O–H groups in total. The maximum absolute atomic E-state index is 12.7. The third-order valence-corrected chi connectivity index (χ3v) is 4.43. The van der Waals surface area contributed by atoms with Crippen molar-refractivity contribution in [3.05, 3.63) is 36.2 Å². The van der Waals surface area contributed by atoms with Gasteiger partial charge in [-0.3, -0.25) is 4.79 Å². The van der Waals surface area contributed by atoms with Gasteiger partial charge in [0.05, 0.1) is 5.92 Å². The predicted octanol–water partition coefficient (Wildman–Crippen LogP) is 2.57. The molecule has 0 aromatic heterocycles. The van der Waals surface area contributed by atoms with Gasteiger partial charge in [0.25, 0.3) is 0 Å². The Hall–Kier alpha value is -1.51. The lowest BCUT2D eigenvalue weighted by atomic mass is 9.80. The maximum Gasteiger partial charge on any atom is 0.236 e. The minimum atomic E-state index is -0.211. The summed E-state index contributed by atoms with van der Waals surface area (Å²) in [4.78, 5) is 14.5. The van der Waals surface area contributed by atoms with Crippen LogP contribution in [0.3, 0.4) is 0 Å². The van der Waals surface area contributed by atoms with E-state index in [2.05, 4.69) is 26.8 Å². The average molecular weight is 246 g/mol. The molecule has 1 heterocycles. The van der Waals surface area contributed by atoms with E-state index in [1.165, 1.54) is 0 Å². The fourth-order valence-corrected chi connectivity index (χ4v) is 2.66. The van der Waals surface area contributed by atoms with Gasteiger partial charge in [0.2, 0.25) is 5.91 Å². The molecule has 0 aromatic rings. The first-order valence-electron chi connectivity index (χ1n) is 6.69. The van der Waals surface area contributed by atoms with Crippen LogP contribution in [-0.4, -0.2) is 16.3 Å². The summed E-state index contributed by atoms with van der Waals surface area (Å²) in [5.41, 5.74) is 6.56. The zero-order valence-corrected chi connectivity index (χ0v) is 11.4. The van der Waals surface area contributed by atoms with Crippen LogP contribution in [0, 0.1) is 11.8 Å². The number of nitrogens with zero attached hydrogens (tertiary/aromatic N) is 1. The molecule has 1 aliphatic carbocycles. The van der Waals surface area contributed by atoms with E-state index in [0.29, 0.717) is 5.70 Å². The lowest BCUT2D eigenvalue weighted by Crippen LogP contribution is -2.52. The van der Waals surface area contributed by atoms with E-state index in [4.69, 9.17) is 5.73 Å². The SMILES string of the molecule is CCC(C)(CC)N1C=CC2C=CC=C(N)C2C1=O. The van der Waals surface area contributed by atoms with Crippen molar-refractivity contribution in [3.63, 3.8) is 0 Å². The standard InChI is InChI=1S/C15H22N2O/c1-4-15(3,5-2)17-10-9-11-7-6-8-12(16)13(11)14(17)18/h6-11,13H,4-5,16H2,1-3H3. The van der Waals surface area contributed by atoms with Gasteiger partial charge in [0, 0.05) is 23.4 Å². The highest BCUT2D eigenvalue weighted by molar-refractivity contribution is 5.85. The molecule has 0 saturated heterocycles. The highest BCUT2D eigenvalue weighted by Gasteiger charge is 2.41. The first-order valence-corrected chi connectivity index (χ1v) is 6.69. The van der Waals surface area contributed by atoms with Crippen LogP contribution in [0.2, 0.25) is 0 Å². The van der Waals surface area contributed by atoms with Crippen LogP contribution in [0.25, 0.3) is 0 Å². The number of amides is 1. The monoisotopic (exact) mass is 246 g/mol. The molecule has 0 bridgehead atoms. The first kappa shape index (κ1) is 12.9. The molecule has 1 aliphatic heterocycles. The highest BCUT2D eigenvalue weighted by Crippen LogP contribution is 2.35. The van der Waals surface area contributed by atoms with Gasteiger partial charge in [-0.15, -0.1) is 0 Å². The second kappa shape index (κ2) is 4.63. The van der Waals surface area contributed by atoms with Crippen molar-refractivity contribution in [2.45, 2.75) is 39.2 Å². The van der Waals surface area contributed by atoms with Gasteiger partial charge in [0.15, 0.2) is 0 Å². The molecule has 2 rings (SSSR count). The van der Waals surface area contributed by atoms with Crippen LogP contribution < -0.4 is 5.73 Å². The maximum atomic E-state index is 12.7. The van der Waals surface area contributed by atoms with Crippen LogP contribution in [0.1, 0.15) is 33.6 Å². The topological polar surface area (TPSA) is 46.3 Å². The third-order valence-electron chi connectivity index (χ3n) is 4.43. The summed E-state index contributed by atoms with van der Waals surface area (Å²) in [5, 5.41) is 0. The highest BCUT2D eigenvalue weighted by atomic mass is 16.2. The van der Waals surface area contributed by atoms with Crippen molar-refractivity contribution in [2.75, 3.05) is 0 Å². The summed E-state index contributed by atoms with van der Waals surface area (Å²) in [6, 6.07) is 0. The molecule has 3 heteroatoms.